The van der Waals surface area contributed by atoms with Gasteiger partial charge in [-0.05, 0) is 24.5 Å². The first-order valence-corrected chi connectivity index (χ1v) is 6.55. The van der Waals surface area contributed by atoms with Crippen LogP contribution in [0.3, 0.4) is 0 Å². The van der Waals surface area contributed by atoms with Crippen molar-refractivity contribution >= 4 is 0 Å². The molecular weight excluding hydrogens is 233 g/mol. The molecule has 0 bridgehead atoms. The molecule has 0 atom stereocenters. The third-order valence-corrected chi connectivity index (χ3v) is 4.24. The van der Waals surface area contributed by atoms with Gasteiger partial charge in [0.05, 0.1) is 0 Å². The number of benzene rings is 1. The first-order valence-electron chi connectivity index (χ1n) is 6.55. The van der Waals surface area contributed by atoms with Crippen molar-refractivity contribution in [3.8, 4) is 11.5 Å². The van der Waals surface area contributed by atoms with E-state index in [0.717, 1.165) is 25.7 Å². The molecule has 1 aliphatic carbocycles. The molecule has 0 radical (unpaired) electrons. The van der Waals surface area contributed by atoms with Gasteiger partial charge in [-0.15, -0.1) is 0 Å². The molecule has 1 aromatic carbocycles. The standard InChI is InChI=1S/C14H18FNO2/c15-11-7-13-12(17-9-18-13)6-10(11)14(8-16)4-2-1-3-5-14/h6-7H,1-5,8-9,16H2. The van der Waals surface area contributed by atoms with Crippen LogP contribution in [0.1, 0.15) is 37.7 Å². The molecule has 0 unspecified atom stereocenters. The molecular formula is C14H18FNO2. The van der Waals surface area contributed by atoms with Gasteiger partial charge in [-0.2, -0.15) is 0 Å². The Morgan fingerprint density at radius 3 is 2.44 bits per heavy atom. The molecule has 98 valence electrons. The molecule has 1 heterocycles. The monoisotopic (exact) mass is 251 g/mol. The normalized spacial score (nSPS) is 21.0. The van der Waals surface area contributed by atoms with Crippen LogP contribution in [-0.2, 0) is 5.41 Å². The van der Waals surface area contributed by atoms with Crippen molar-refractivity contribution in [1.29, 1.82) is 0 Å². The Balaban J connectivity index is 2.04. The number of halogens is 1. The molecule has 4 heteroatoms. The smallest absolute Gasteiger partial charge is 0.231 e. The minimum absolute atomic E-state index is 0.174. The van der Waals surface area contributed by atoms with Crippen molar-refractivity contribution in [1.82, 2.24) is 0 Å². The van der Waals surface area contributed by atoms with Gasteiger partial charge in [-0.3, -0.25) is 0 Å². The Morgan fingerprint density at radius 1 is 1.11 bits per heavy atom. The van der Waals surface area contributed by atoms with Gasteiger partial charge in [0.2, 0.25) is 6.79 Å². The maximum absolute atomic E-state index is 14.3. The lowest BCUT2D eigenvalue weighted by Crippen LogP contribution is -2.37. The van der Waals surface area contributed by atoms with E-state index in [-0.39, 0.29) is 18.0 Å². The molecule has 1 aliphatic heterocycles. The van der Waals surface area contributed by atoms with Crippen LogP contribution in [0.4, 0.5) is 4.39 Å². The quantitative estimate of drug-likeness (QED) is 0.879. The number of hydrogen-bond donors (Lipinski definition) is 1. The zero-order chi connectivity index (χ0) is 12.6. The van der Waals surface area contributed by atoms with E-state index in [9.17, 15) is 4.39 Å². The highest BCUT2D eigenvalue weighted by atomic mass is 19.1. The molecule has 2 aliphatic rings. The van der Waals surface area contributed by atoms with Crippen LogP contribution >= 0.6 is 0 Å². The fourth-order valence-electron chi connectivity index (χ4n) is 3.14. The van der Waals surface area contributed by atoms with E-state index >= 15 is 0 Å². The predicted molar refractivity (Wildman–Crippen MR) is 66.3 cm³/mol. The minimum Gasteiger partial charge on any atom is -0.454 e. The summed E-state index contributed by atoms with van der Waals surface area (Å²) in [5.74, 6) is 0.927. The average molecular weight is 251 g/mol. The number of nitrogens with two attached hydrogens (primary N) is 1. The third kappa shape index (κ3) is 1.75. The first-order chi connectivity index (χ1) is 8.75. The van der Waals surface area contributed by atoms with Crippen LogP contribution in [0.15, 0.2) is 12.1 Å². The Hall–Kier alpha value is -1.29. The van der Waals surface area contributed by atoms with Gasteiger partial charge < -0.3 is 15.2 Å². The molecule has 2 N–H and O–H groups in total. The highest BCUT2D eigenvalue weighted by molar-refractivity contribution is 5.47. The minimum atomic E-state index is -0.219. The van der Waals surface area contributed by atoms with E-state index in [2.05, 4.69) is 0 Å². The second-order valence-corrected chi connectivity index (χ2v) is 5.23. The van der Waals surface area contributed by atoms with Crippen LogP contribution in [0.25, 0.3) is 0 Å². The van der Waals surface area contributed by atoms with Crippen LogP contribution in [0.2, 0.25) is 0 Å². The van der Waals surface area contributed by atoms with Crippen molar-refractivity contribution in [2.45, 2.75) is 37.5 Å². The van der Waals surface area contributed by atoms with E-state index in [1.807, 2.05) is 0 Å². The summed E-state index contributed by atoms with van der Waals surface area (Å²) in [5, 5.41) is 0. The van der Waals surface area contributed by atoms with E-state index in [1.54, 1.807) is 6.07 Å². The number of rotatable bonds is 2. The molecule has 1 aromatic rings. The molecule has 1 saturated carbocycles. The number of hydrogen-bond acceptors (Lipinski definition) is 3. The summed E-state index contributed by atoms with van der Waals surface area (Å²) in [6.07, 6.45) is 5.37. The lowest BCUT2D eigenvalue weighted by Gasteiger charge is -2.37. The van der Waals surface area contributed by atoms with Crippen LogP contribution in [0.5, 0.6) is 11.5 Å². The van der Waals surface area contributed by atoms with Gasteiger partial charge in [0.25, 0.3) is 0 Å². The van der Waals surface area contributed by atoms with Gasteiger partial charge >= 0.3 is 0 Å². The number of ether oxygens (including phenoxy) is 2. The Kier molecular flexibility index (Phi) is 2.90. The van der Waals surface area contributed by atoms with Gasteiger partial charge in [0.1, 0.15) is 5.82 Å². The maximum Gasteiger partial charge on any atom is 0.231 e. The molecule has 18 heavy (non-hydrogen) atoms. The van der Waals surface area contributed by atoms with Crippen molar-refractivity contribution in [3.63, 3.8) is 0 Å². The van der Waals surface area contributed by atoms with E-state index in [4.69, 9.17) is 15.2 Å². The Bertz CT molecular complexity index is 455. The topological polar surface area (TPSA) is 44.5 Å². The zero-order valence-corrected chi connectivity index (χ0v) is 10.4. The van der Waals surface area contributed by atoms with Gasteiger partial charge in [0, 0.05) is 18.0 Å². The molecule has 0 spiro atoms. The van der Waals surface area contributed by atoms with E-state index < -0.39 is 0 Å². The summed E-state index contributed by atoms with van der Waals surface area (Å²) in [7, 11) is 0. The van der Waals surface area contributed by atoms with Crippen LogP contribution < -0.4 is 15.2 Å². The summed E-state index contributed by atoms with van der Waals surface area (Å²) in [6.45, 7) is 0.664. The maximum atomic E-state index is 14.3. The fourth-order valence-corrected chi connectivity index (χ4v) is 3.14. The van der Waals surface area contributed by atoms with Gasteiger partial charge in [0.15, 0.2) is 11.5 Å². The Labute approximate surface area is 106 Å². The van der Waals surface area contributed by atoms with Crippen LogP contribution in [-0.4, -0.2) is 13.3 Å². The molecule has 1 fully saturated rings. The largest absolute Gasteiger partial charge is 0.454 e. The summed E-state index contributed by atoms with van der Waals surface area (Å²) < 4.78 is 24.8. The molecule has 3 rings (SSSR count). The Morgan fingerprint density at radius 2 is 1.78 bits per heavy atom. The highest BCUT2D eigenvalue weighted by Crippen LogP contribution is 2.44. The molecule has 0 saturated heterocycles. The summed E-state index contributed by atoms with van der Waals surface area (Å²) in [4.78, 5) is 0. The SMILES string of the molecule is NCC1(c2cc3c(cc2F)OCO3)CCCCC1. The van der Waals surface area contributed by atoms with E-state index in [1.165, 1.54) is 12.5 Å². The predicted octanol–water partition coefficient (Wildman–Crippen LogP) is 2.72. The molecule has 3 nitrogen and oxygen atoms in total. The summed E-state index contributed by atoms with van der Waals surface area (Å²) >= 11 is 0. The fraction of sp³-hybridized carbons (Fsp3) is 0.571. The van der Waals surface area contributed by atoms with Crippen molar-refractivity contribution in [3.05, 3.63) is 23.5 Å². The van der Waals surface area contributed by atoms with Crippen molar-refractivity contribution < 1.29 is 13.9 Å². The van der Waals surface area contributed by atoms with Gasteiger partial charge in [-0.1, -0.05) is 19.3 Å². The zero-order valence-electron chi connectivity index (χ0n) is 10.4. The third-order valence-electron chi connectivity index (χ3n) is 4.24. The highest BCUT2D eigenvalue weighted by Gasteiger charge is 2.36. The number of fused-ring (bicyclic) bond motifs is 1. The molecule has 0 amide bonds. The van der Waals surface area contributed by atoms with Crippen molar-refractivity contribution in [2.24, 2.45) is 5.73 Å². The average Bonchev–Trinajstić information content (AvgIpc) is 2.85. The van der Waals surface area contributed by atoms with E-state index in [0.29, 0.717) is 23.6 Å². The summed E-state index contributed by atoms with van der Waals surface area (Å²) in [5.41, 5.74) is 6.43. The van der Waals surface area contributed by atoms with Crippen LogP contribution in [0, 0.1) is 5.82 Å². The second-order valence-electron chi connectivity index (χ2n) is 5.23. The first kappa shape index (κ1) is 11.8. The lowest BCUT2D eigenvalue weighted by molar-refractivity contribution is 0.173. The summed E-state index contributed by atoms with van der Waals surface area (Å²) in [6, 6.07) is 3.22. The second kappa shape index (κ2) is 4.43. The lowest BCUT2D eigenvalue weighted by atomic mass is 9.69. The van der Waals surface area contributed by atoms with Crippen molar-refractivity contribution in [2.75, 3.05) is 13.3 Å². The molecule has 0 aromatic heterocycles. The van der Waals surface area contributed by atoms with Gasteiger partial charge in [-0.25, -0.2) is 4.39 Å².